The van der Waals surface area contributed by atoms with Gasteiger partial charge in [-0.2, -0.15) is 0 Å². The summed E-state index contributed by atoms with van der Waals surface area (Å²) in [4.78, 5) is 10.9. The summed E-state index contributed by atoms with van der Waals surface area (Å²) in [5.41, 5.74) is 6.72. The van der Waals surface area contributed by atoms with Gasteiger partial charge in [0.05, 0.1) is 12.7 Å². The maximum Gasteiger partial charge on any atom is 0.153 e. The Kier molecular flexibility index (Phi) is 3.48. The van der Waals surface area contributed by atoms with Crippen LogP contribution in [0.2, 0.25) is 0 Å². The lowest BCUT2D eigenvalue weighted by Crippen LogP contribution is -1.92. The molecule has 2 rings (SSSR count). The average molecular weight is 243 g/mol. The number of rotatable bonds is 4. The predicted molar refractivity (Wildman–Crippen MR) is 69.3 cm³/mol. The first-order chi connectivity index (χ1) is 8.72. The molecule has 0 spiro atoms. The first-order valence-corrected chi connectivity index (χ1v) is 5.39. The maximum atomic E-state index is 10.9. The van der Waals surface area contributed by atoms with Gasteiger partial charge in [0.15, 0.2) is 6.29 Å². The maximum absolute atomic E-state index is 10.9. The lowest BCUT2D eigenvalue weighted by atomic mass is 10.2. The van der Waals surface area contributed by atoms with Gasteiger partial charge in [-0.25, -0.2) is 0 Å². The van der Waals surface area contributed by atoms with Crippen LogP contribution < -0.4 is 15.2 Å². The standard InChI is InChI=1S/C14H13NO3/c1-17-14-6-5-13(7-10(14)9-16)18-12-4-2-3-11(15)8-12/h2-9H,15H2,1H3. The molecule has 0 aliphatic heterocycles. The van der Waals surface area contributed by atoms with Gasteiger partial charge in [-0.05, 0) is 30.3 Å². The minimum Gasteiger partial charge on any atom is -0.496 e. The fourth-order valence-electron chi connectivity index (χ4n) is 1.58. The molecule has 0 aromatic heterocycles. The summed E-state index contributed by atoms with van der Waals surface area (Å²) in [5.74, 6) is 1.70. The topological polar surface area (TPSA) is 61.6 Å². The zero-order valence-corrected chi connectivity index (χ0v) is 9.92. The Bertz CT molecular complexity index is 567. The van der Waals surface area contributed by atoms with Crippen molar-refractivity contribution in [1.82, 2.24) is 0 Å². The number of ether oxygens (including phenoxy) is 2. The van der Waals surface area contributed by atoms with Crippen LogP contribution in [-0.2, 0) is 0 Å². The van der Waals surface area contributed by atoms with E-state index < -0.39 is 0 Å². The quantitative estimate of drug-likeness (QED) is 0.662. The molecule has 0 unspecified atom stereocenters. The van der Waals surface area contributed by atoms with Crippen molar-refractivity contribution >= 4 is 12.0 Å². The Morgan fingerprint density at radius 2 is 1.89 bits per heavy atom. The lowest BCUT2D eigenvalue weighted by molar-refractivity contribution is 0.112. The van der Waals surface area contributed by atoms with Gasteiger partial charge < -0.3 is 15.2 Å². The van der Waals surface area contributed by atoms with Gasteiger partial charge in [-0.1, -0.05) is 6.07 Å². The second-order valence-electron chi connectivity index (χ2n) is 3.70. The highest BCUT2D eigenvalue weighted by Crippen LogP contribution is 2.27. The number of nitrogen functional groups attached to an aromatic ring is 1. The molecule has 4 nitrogen and oxygen atoms in total. The van der Waals surface area contributed by atoms with Crippen LogP contribution >= 0.6 is 0 Å². The smallest absolute Gasteiger partial charge is 0.153 e. The molecule has 0 aliphatic rings. The van der Waals surface area contributed by atoms with E-state index in [0.29, 0.717) is 28.5 Å². The average Bonchev–Trinajstić information content (AvgIpc) is 2.38. The summed E-state index contributed by atoms with van der Waals surface area (Å²) in [6.45, 7) is 0. The van der Waals surface area contributed by atoms with E-state index in [1.54, 1.807) is 42.5 Å². The van der Waals surface area contributed by atoms with Gasteiger partial charge in [-0.3, -0.25) is 4.79 Å². The Balaban J connectivity index is 2.27. The highest BCUT2D eigenvalue weighted by Gasteiger charge is 2.05. The predicted octanol–water partition coefficient (Wildman–Crippen LogP) is 2.88. The first kappa shape index (κ1) is 12.0. The van der Waals surface area contributed by atoms with Crippen LogP contribution in [0.1, 0.15) is 10.4 Å². The summed E-state index contributed by atoms with van der Waals surface area (Å²) in [6, 6.07) is 12.1. The number of nitrogens with two attached hydrogens (primary N) is 1. The van der Waals surface area contributed by atoms with Crippen molar-refractivity contribution in [3.05, 3.63) is 48.0 Å². The van der Waals surface area contributed by atoms with Crippen LogP contribution in [0.4, 0.5) is 5.69 Å². The molecule has 0 fully saturated rings. The summed E-state index contributed by atoms with van der Waals surface area (Å²) in [7, 11) is 1.51. The Labute approximate surface area is 105 Å². The Hall–Kier alpha value is -2.49. The van der Waals surface area contributed by atoms with Crippen LogP contribution in [-0.4, -0.2) is 13.4 Å². The first-order valence-electron chi connectivity index (χ1n) is 5.39. The van der Waals surface area contributed by atoms with E-state index in [0.717, 1.165) is 6.29 Å². The monoisotopic (exact) mass is 243 g/mol. The number of carbonyl (C=O) groups excluding carboxylic acids is 1. The summed E-state index contributed by atoms with van der Waals surface area (Å²) in [6.07, 6.45) is 0.727. The SMILES string of the molecule is COc1ccc(Oc2cccc(N)c2)cc1C=O. The molecule has 0 aliphatic carbocycles. The molecule has 0 bridgehead atoms. The van der Waals surface area contributed by atoms with E-state index in [1.165, 1.54) is 7.11 Å². The molecule has 0 saturated heterocycles. The molecule has 0 heterocycles. The van der Waals surface area contributed by atoms with Crippen molar-refractivity contribution in [3.8, 4) is 17.2 Å². The molecule has 4 heteroatoms. The highest BCUT2D eigenvalue weighted by atomic mass is 16.5. The Morgan fingerprint density at radius 3 is 2.56 bits per heavy atom. The third-order valence-electron chi connectivity index (χ3n) is 2.42. The van der Waals surface area contributed by atoms with E-state index in [-0.39, 0.29) is 0 Å². The second-order valence-corrected chi connectivity index (χ2v) is 3.70. The fraction of sp³-hybridized carbons (Fsp3) is 0.0714. The number of anilines is 1. The van der Waals surface area contributed by atoms with Crippen LogP contribution in [0, 0.1) is 0 Å². The summed E-state index contributed by atoms with van der Waals surface area (Å²) < 4.78 is 10.7. The molecule has 0 saturated carbocycles. The molecule has 0 radical (unpaired) electrons. The van der Waals surface area contributed by atoms with E-state index in [9.17, 15) is 4.79 Å². The van der Waals surface area contributed by atoms with Crippen LogP contribution in [0.5, 0.6) is 17.2 Å². The number of hydrogen-bond donors (Lipinski definition) is 1. The third kappa shape index (κ3) is 2.60. The van der Waals surface area contributed by atoms with Crippen molar-refractivity contribution in [2.24, 2.45) is 0 Å². The number of methoxy groups -OCH3 is 1. The van der Waals surface area contributed by atoms with Gasteiger partial charge in [-0.15, -0.1) is 0 Å². The number of benzene rings is 2. The van der Waals surface area contributed by atoms with E-state index in [4.69, 9.17) is 15.2 Å². The number of aldehydes is 1. The lowest BCUT2D eigenvalue weighted by Gasteiger charge is -2.09. The van der Waals surface area contributed by atoms with Gasteiger partial charge in [0.1, 0.15) is 17.2 Å². The van der Waals surface area contributed by atoms with Crippen LogP contribution in [0.25, 0.3) is 0 Å². The fourth-order valence-corrected chi connectivity index (χ4v) is 1.58. The van der Waals surface area contributed by atoms with Gasteiger partial charge in [0.25, 0.3) is 0 Å². The molecule has 0 atom stereocenters. The van der Waals surface area contributed by atoms with Crippen molar-refractivity contribution in [3.63, 3.8) is 0 Å². The molecular formula is C14H13NO3. The van der Waals surface area contributed by atoms with Crippen LogP contribution in [0.15, 0.2) is 42.5 Å². The van der Waals surface area contributed by atoms with E-state index in [2.05, 4.69) is 0 Å². The summed E-state index contributed by atoms with van der Waals surface area (Å²) >= 11 is 0. The zero-order valence-electron chi connectivity index (χ0n) is 9.92. The van der Waals surface area contributed by atoms with Crippen LogP contribution in [0.3, 0.4) is 0 Å². The van der Waals surface area contributed by atoms with Gasteiger partial charge in [0, 0.05) is 11.8 Å². The minimum absolute atomic E-state index is 0.443. The van der Waals surface area contributed by atoms with E-state index in [1.807, 2.05) is 0 Å². The van der Waals surface area contributed by atoms with Crippen molar-refractivity contribution in [2.75, 3.05) is 12.8 Å². The highest BCUT2D eigenvalue weighted by molar-refractivity contribution is 5.80. The Morgan fingerprint density at radius 1 is 1.11 bits per heavy atom. The molecule has 0 amide bonds. The van der Waals surface area contributed by atoms with Crippen molar-refractivity contribution < 1.29 is 14.3 Å². The second kappa shape index (κ2) is 5.23. The number of hydrogen-bond acceptors (Lipinski definition) is 4. The molecule has 2 N–H and O–H groups in total. The summed E-state index contributed by atoms with van der Waals surface area (Å²) in [5, 5.41) is 0. The third-order valence-corrected chi connectivity index (χ3v) is 2.42. The number of carbonyl (C=O) groups is 1. The zero-order chi connectivity index (χ0) is 13.0. The molecule has 2 aromatic rings. The van der Waals surface area contributed by atoms with Gasteiger partial charge in [0.2, 0.25) is 0 Å². The van der Waals surface area contributed by atoms with Crippen molar-refractivity contribution in [2.45, 2.75) is 0 Å². The normalized spacial score (nSPS) is 9.83. The molecule has 2 aromatic carbocycles. The molecule has 18 heavy (non-hydrogen) atoms. The molecular weight excluding hydrogens is 230 g/mol. The molecule has 92 valence electrons. The van der Waals surface area contributed by atoms with Gasteiger partial charge >= 0.3 is 0 Å². The van der Waals surface area contributed by atoms with Crippen molar-refractivity contribution in [1.29, 1.82) is 0 Å². The largest absolute Gasteiger partial charge is 0.496 e. The van der Waals surface area contributed by atoms with E-state index >= 15 is 0 Å². The minimum atomic E-state index is 0.443.